The van der Waals surface area contributed by atoms with Gasteiger partial charge < -0.3 is 15.5 Å². The number of nitrogens with two attached hydrogens (primary N) is 1. The standard InChI is InChI=1S/C17H28F3N3O2.ClH/c1-2-22(11-17(18,19)20)16(25)13-6-4-8-23(10-13)15(24)9-12-5-3-7-14(12)21;/h12-14H,2-11,21H2,1H3;1H/t12-,13?,14+;/m0./s1. The number of nitrogens with zero attached hydrogens (tertiary/aromatic N) is 2. The quantitative estimate of drug-likeness (QED) is 0.772. The second kappa shape index (κ2) is 9.78. The van der Waals surface area contributed by atoms with Gasteiger partial charge in [-0.1, -0.05) is 6.42 Å². The first-order valence-electron chi connectivity index (χ1n) is 9.10. The Balaban J connectivity index is 0.00000338. The molecule has 1 unspecified atom stereocenters. The van der Waals surface area contributed by atoms with Crippen molar-refractivity contribution in [3.05, 3.63) is 0 Å². The average Bonchev–Trinajstić information content (AvgIpc) is 2.96. The lowest BCUT2D eigenvalue weighted by atomic mass is 9.94. The molecule has 0 aromatic carbocycles. The van der Waals surface area contributed by atoms with Gasteiger partial charge >= 0.3 is 6.18 Å². The van der Waals surface area contributed by atoms with E-state index in [1.165, 1.54) is 6.92 Å². The van der Waals surface area contributed by atoms with Gasteiger partial charge in [-0.3, -0.25) is 9.59 Å². The summed E-state index contributed by atoms with van der Waals surface area (Å²) >= 11 is 0. The third-order valence-corrected chi connectivity index (χ3v) is 5.34. The van der Waals surface area contributed by atoms with Crippen LogP contribution in [0.4, 0.5) is 13.2 Å². The van der Waals surface area contributed by atoms with Crippen LogP contribution in [0.15, 0.2) is 0 Å². The minimum absolute atomic E-state index is 0. The van der Waals surface area contributed by atoms with E-state index in [-0.39, 0.29) is 43.4 Å². The van der Waals surface area contributed by atoms with Gasteiger partial charge in [0.15, 0.2) is 0 Å². The van der Waals surface area contributed by atoms with Gasteiger partial charge in [-0.25, -0.2) is 0 Å². The predicted molar refractivity (Wildman–Crippen MR) is 94.8 cm³/mol. The molecule has 26 heavy (non-hydrogen) atoms. The van der Waals surface area contributed by atoms with E-state index in [1.54, 1.807) is 4.90 Å². The van der Waals surface area contributed by atoms with E-state index in [1.807, 2.05) is 0 Å². The van der Waals surface area contributed by atoms with E-state index in [4.69, 9.17) is 5.73 Å². The number of likely N-dealkylation sites (tertiary alicyclic amines) is 1. The molecule has 9 heteroatoms. The van der Waals surface area contributed by atoms with Gasteiger partial charge in [0.25, 0.3) is 0 Å². The van der Waals surface area contributed by atoms with Crippen molar-refractivity contribution in [1.29, 1.82) is 0 Å². The highest BCUT2D eigenvalue weighted by molar-refractivity contribution is 5.85. The largest absolute Gasteiger partial charge is 0.406 e. The van der Waals surface area contributed by atoms with Gasteiger partial charge in [0, 0.05) is 32.1 Å². The monoisotopic (exact) mass is 399 g/mol. The van der Waals surface area contributed by atoms with Crippen molar-refractivity contribution in [2.24, 2.45) is 17.6 Å². The zero-order chi connectivity index (χ0) is 18.6. The number of rotatable bonds is 5. The summed E-state index contributed by atoms with van der Waals surface area (Å²) in [6.45, 7) is 1.10. The highest BCUT2D eigenvalue weighted by Crippen LogP contribution is 2.29. The maximum atomic E-state index is 12.6. The molecule has 0 radical (unpaired) electrons. The van der Waals surface area contributed by atoms with E-state index in [9.17, 15) is 22.8 Å². The summed E-state index contributed by atoms with van der Waals surface area (Å²) in [5.41, 5.74) is 6.01. The van der Waals surface area contributed by atoms with Crippen LogP contribution in [0.2, 0.25) is 0 Å². The molecule has 2 aliphatic rings. The molecule has 2 amide bonds. The van der Waals surface area contributed by atoms with E-state index in [2.05, 4.69) is 0 Å². The first-order valence-corrected chi connectivity index (χ1v) is 9.10. The first kappa shape index (κ1) is 23.0. The Kier molecular flexibility index (Phi) is 8.66. The zero-order valence-corrected chi connectivity index (χ0v) is 16.0. The van der Waals surface area contributed by atoms with Crippen LogP contribution in [0.25, 0.3) is 0 Å². The highest BCUT2D eigenvalue weighted by atomic mass is 35.5. The van der Waals surface area contributed by atoms with Crippen LogP contribution < -0.4 is 5.73 Å². The molecule has 1 saturated carbocycles. The Labute approximate surface area is 158 Å². The summed E-state index contributed by atoms with van der Waals surface area (Å²) in [5.74, 6) is -0.896. The van der Waals surface area contributed by atoms with E-state index in [0.717, 1.165) is 24.2 Å². The summed E-state index contributed by atoms with van der Waals surface area (Å²) in [6, 6.07) is 0.0496. The van der Waals surface area contributed by atoms with E-state index < -0.39 is 24.5 Å². The van der Waals surface area contributed by atoms with Gasteiger partial charge in [0.05, 0.1) is 5.92 Å². The third kappa shape index (κ3) is 6.30. The SMILES string of the molecule is CCN(CC(F)(F)F)C(=O)C1CCCN(C(=O)C[C@@H]2CCC[C@H]2N)C1.Cl. The van der Waals surface area contributed by atoms with Crippen LogP contribution in [0.3, 0.4) is 0 Å². The van der Waals surface area contributed by atoms with Gasteiger partial charge in [-0.2, -0.15) is 13.2 Å². The molecule has 0 spiro atoms. The number of hydrogen-bond acceptors (Lipinski definition) is 3. The van der Waals surface area contributed by atoms with Gasteiger partial charge in [-0.05, 0) is 38.5 Å². The molecular formula is C17H29ClF3N3O2. The molecular weight excluding hydrogens is 371 g/mol. The van der Waals surface area contributed by atoms with Gasteiger partial charge in [0.1, 0.15) is 6.54 Å². The molecule has 1 aliphatic carbocycles. The Morgan fingerprint density at radius 2 is 1.88 bits per heavy atom. The first-order chi connectivity index (χ1) is 11.7. The second-order valence-corrected chi connectivity index (χ2v) is 7.21. The van der Waals surface area contributed by atoms with Crippen LogP contribution in [0.1, 0.15) is 45.4 Å². The van der Waals surface area contributed by atoms with Crippen molar-refractivity contribution in [2.45, 2.75) is 57.7 Å². The third-order valence-electron chi connectivity index (χ3n) is 5.34. The number of carbonyl (C=O) groups is 2. The number of amides is 2. The van der Waals surface area contributed by atoms with Crippen molar-refractivity contribution in [1.82, 2.24) is 9.80 Å². The van der Waals surface area contributed by atoms with Crippen LogP contribution in [0, 0.1) is 11.8 Å². The zero-order valence-electron chi connectivity index (χ0n) is 15.1. The van der Waals surface area contributed by atoms with Crippen LogP contribution in [-0.4, -0.2) is 60.0 Å². The molecule has 1 heterocycles. The normalized spacial score (nSPS) is 26.3. The fourth-order valence-electron chi connectivity index (χ4n) is 3.90. The van der Waals surface area contributed by atoms with Crippen molar-refractivity contribution in [3.63, 3.8) is 0 Å². The van der Waals surface area contributed by atoms with E-state index in [0.29, 0.717) is 25.8 Å². The topological polar surface area (TPSA) is 66.6 Å². The second-order valence-electron chi connectivity index (χ2n) is 7.21. The lowest BCUT2D eigenvalue weighted by molar-refractivity contribution is -0.164. The minimum Gasteiger partial charge on any atom is -0.342 e. The number of carbonyl (C=O) groups excluding carboxylic acids is 2. The van der Waals surface area contributed by atoms with Gasteiger partial charge in [-0.15, -0.1) is 12.4 Å². The molecule has 1 saturated heterocycles. The maximum Gasteiger partial charge on any atom is 0.406 e. The molecule has 0 bridgehead atoms. The Hall–Kier alpha value is -1.02. The molecule has 2 rings (SSSR count). The lowest BCUT2D eigenvalue weighted by Crippen LogP contribution is -2.49. The minimum atomic E-state index is -4.41. The number of hydrogen-bond donors (Lipinski definition) is 1. The molecule has 0 aromatic heterocycles. The Morgan fingerprint density at radius 3 is 2.42 bits per heavy atom. The molecule has 2 fully saturated rings. The summed E-state index contributed by atoms with van der Waals surface area (Å²) in [7, 11) is 0. The van der Waals surface area contributed by atoms with Crippen molar-refractivity contribution in [3.8, 4) is 0 Å². The molecule has 5 nitrogen and oxygen atoms in total. The number of alkyl halides is 3. The van der Waals surface area contributed by atoms with Crippen LogP contribution in [0.5, 0.6) is 0 Å². The summed E-state index contributed by atoms with van der Waals surface area (Å²) in [5, 5.41) is 0. The summed E-state index contributed by atoms with van der Waals surface area (Å²) in [4.78, 5) is 27.4. The molecule has 2 N–H and O–H groups in total. The average molecular weight is 400 g/mol. The van der Waals surface area contributed by atoms with Crippen LogP contribution in [-0.2, 0) is 9.59 Å². The van der Waals surface area contributed by atoms with Crippen LogP contribution >= 0.6 is 12.4 Å². The maximum absolute atomic E-state index is 12.6. The summed E-state index contributed by atoms with van der Waals surface area (Å²) in [6.07, 6.45) is 0.0440. The smallest absolute Gasteiger partial charge is 0.342 e. The summed E-state index contributed by atoms with van der Waals surface area (Å²) < 4.78 is 37.9. The van der Waals surface area contributed by atoms with Crippen molar-refractivity contribution < 1.29 is 22.8 Å². The lowest BCUT2D eigenvalue weighted by Gasteiger charge is -2.35. The van der Waals surface area contributed by atoms with Gasteiger partial charge in [0.2, 0.25) is 11.8 Å². The number of piperidine rings is 1. The predicted octanol–water partition coefficient (Wildman–Crippen LogP) is 2.58. The Bertz CT molecular complexity index is 490. The molecule has 152 valence electrons. The van der Waals surface area contributed by atoms with E-state index >= 15 is 0 Å². The molecule has 3 atom stereocenters. The Morgan fingerprint density at radius 1 is 1.19 bits per heavy atom. The molecule has 0 aromatic rings. The highest BCUT2D eigenvalue weighted by Gasteiger charge is 2.37. The number of halogens is 4. The fourth-order valence-corrected chi connectivity index (χ4v) is 3.90. The molecule has 1 aliphatic heterocycles. The van der Waals surface area contributed by atoms with Crippen molar-refractivity contribution in [2.75, 3.05) is 26.2 Å². The van der Waals surface area contributed by atoms with Crippen molar-refractivity contribution >= 4 is 24.2 Å². The fraction of sp³-hybridized carbons (Fsp3) is 0.882.